The van der Waals surface area contributed by atoms with Gasteiger partial charge < -0.3 is 23.5 Å². The fourth-order valence-corrected chi connectivity index (χ4v) is 7.49. The molecule has 0 spiro atoms. The number of ether oxygens (including phenoxy) is 4. The van der Waals surface area contributed by atoms with Crippen molar-refractivity contribution >= 4 is 35.1 Å². The van der Waals surface area contributed by atoms with Gasteiger partial charge in [0.1, 0.15) is 5.75 Å². The average molecular weight is 527 g/mol. The molecule has 192 valence electrons. The van der Waals surface area contributed by atoms with Gasteiger partial charge in [-0.1, -0.05) is 72.8 Å². The SMILES string of the molecule is CCOC(=O)/C=C/c1cccc(OC)c1-c1c(P(=O)(c2ccccc2)c2ccccc2)ccc2c1OCO2. The first kappa shape index (κ1) is 25.4. The van der Waals surface area contributed by atoms with Crippen LogP contribution in [-0.4, -0.2) is 26.5 Å². The Bertz CT molecular complexity index is 1490. The van der Waals surface area contributed by atoms with E-state index in [-0.39, 0.29) is 13.4 Å². The predicted octanol–water partition coefficient (Wildman–Crippen LogP) is 5.31. The number of carbonyl (C=O) groups excluding carboxylic acids is 1. The molecule has 1 aliphatic heterocycles. The van der Waals surface area contributed by atoms with Crippen LogP contribution in [0.3, 0.4) is 0 Å². The van der Waals surface area contributed by atoms with Crippen LogP contribution in [0.5, 0.6) is 17.2 Å². The van der Waals surface area contributed by atoms with Crippen LogP contribution in [0.15, 0.2) is 97.1 Å². The summed E-state index contributed by atoms with van der Waals surface area (Å²) in [7, 11) is -1.84. The molecule has 0 amide bonds. The smallest absolute Gasteiger partial charge is 0.330 e. The van der Waals surface area contributed by atoms with E-state index in [1.54, 1.807) is 26.2 Å². The van der Waals surface area contributed by atoms with Crippen LogP contribution in [-0.2, 0) is 14.1 Å². The second-order valence-electron chi connectivity index (χ2n) is 8.48. The lowest BCUT2D eigenvalue weighted by Crippen LogP contribution is -2.26. The van der Waals surface area contributed by atoms with Crippen LogP contribution in [0.2, 0.25) is 0 Å². The van der Waals surface area contributed by atoms with Crippen molar-refractivity contribution in [3.8, 4) is 28.4 Å². The molecule has 0 atom stereocenters. The van der Waals surface area contributed by atoms with Gasteiger partial charge in [0.15, 0.2) is 18.6 Å². The monoisotopic (exact) mass is 526 g/mol. The molecule has 4 aromatic carbocycles. The van der Waals surface area contributed by atoms with E-state index in [2.05, 4.69) is 0 Å². The predicted molar refractivity (Wildman–Crippen MR) is 150 cm³/mol. The third-order valence-corrected chi connectivity index (χ3v) is 9.41. The Balaban J connectivity index is 1.85. The van der Waals surface area contributed by atoms with Gasteiger partial charge >= 0.3 is 5.97 Å². The molecule has 1 heterocycles. The summed E-state index contributed by atoms with van der Waals surface area (Å²) in [6.45, 7) is 2.06. The van der Waals surface area contributed by atoms with Gasteiger partial charge in [0, 0.05) is 33.1 Å². The number of carbonyl (C=O) groups is 1. The largest absolute Gasteiger partial charge is 0.496 e. The van der Waals surface area contributed by atoms with Crippen molar-refractivity contribution in [2.75, 3.05) is 20.5 Å². The van der Waals surface area contributed by atoms with Gasteiger partial charge in [0.05, 0.1) is 13.7 Å². The Labute approximate surface area is 221 Å². The molecule has 0 saturated heterocycles. The molecule has 0 radical (unpaired) electrons. The summed E-state index contributed by atoms with van der Waals surface area (Å²) in [5.41, 5.74) is 1.91. The summed E-state index contributed by atoms with van der Waals surface area (Å²) >= 11 is 0. The Morgan fingerprint density at radius 1 is 0.868 bits per heavy atom. The highest BCUT2D eigenvalue weighted by atomic mass is 31.2. The molecule has 1 aliphatic rings. The van der Waals surface area contributed by atoms with Crippen molar-refractivity contribution in [3.05, 3.63) is 103 Å². The first-order valence-electron chi connectivity index (χ1n) is 12.2. The van der Waals surface area contributed by atoms with E-state index in [4.69, 9.17) is 18.9 Å². The molecule has 7 heteroatoms. The second-order valence-corrected chi connectivity index (χ2v) is 11.2. The van der Waals surface area contributed by atoms with Crippen molar-refractivity contribution in [2.45, 2.75) is 6.92 Å². The Hall–Kier alpha value is -4.28. The lowest BCUT2D eigenvalue weighted by Gasteiger charge is -2.25. The van der Waals surface area contributed by atoms with E-state index in [1.165, 1.54) is 6.08 Å². The molecular formula is C31H27O6P. The highest BCUT2D eigenvalue weighted by Gasteiger charge is 2.37. The van der Waals surface area contributed by atoms with Crippen LogP contribution >= 0.6 is 7.14 Å². The van der Waals surface area contributed by atoms with Gasteiger partial charge in [-0.2, -0.15) is 0 Å². The van der Waals surface area contributed by atoms with Gasteiger partial charge in [0.25, 0.3) is 0 Å². The molecule has 0 aliphatic carbocycles. The number of methoxy groups -OCH3 is 1. The molecule has 0 fully saturated rings. The van der Waals surface area contributed by atoms with Gasteiger partial charge in [-0.3, -0.25) is 0 Å². The van der Waals surface area contributed by atoms with Crippen molar-refractivity contribution in [3.63, 3.8) is 0 Å². The van der Waals surface area contributed by atoms with Crippen molar-refractivity contribution in [1.29, 1.82) is 0 Å². The van der Waals surface area contributed by atoms with E-state index >= 15 is 4.57 Å². The zero-order valence-electron chi connectivity index (χ0n) is 21.1. The number of esters is 1. The van der Waals surface area contributed by atoms with E-state index < -0.39 is 13.1 Å². The number of benzene rings is 4. The first-order chi connectivity index (χ1) is 18.6. The minimum absolute atomic E-state index is 0.0376. The Kier molecular flexibility index (Phi) is 7.34. The highest BCUT2D eigenvalue weighted by molar-refractivity contribution is 7.85. The topological polar surface area (TPSA) is 71.1 Å². The summed E-state index contributed by atoms with van der Waals surface area (Å²) in [4.78, 5) is 12.2. The molecule has 0 saturated carbocycles. The number of hydrogen-bond acceptors (Lipinski definition) is 6. The van der Waals surface area contributed by atoms with Gasteiger partial charge in [-0.15, -0.1) is 0 Å². The van der Waals surface area contributed by atoms with Crippen LogP contribution in [0.4, 0.5) is 0 Å². The molecule has 38 heavy (non-hydrogen) atoms. The highest BCUT2D eigenvalue weighted by Crippen LogP contribution is 2.52. The second kappa shape index (κ2) is 11.0. The third kappa shape index (κ3) is 4.59. The maximum atomic E-state index is 15.4. The minimum atomic E-state index is -3.42. The normalized spacial score (nSPS) is 12.5. The van der Waals surface area contributed by atoms with Gasteiger partial charge in [0.2, 0.25) is 6.79 Å². The summed E-state index contributed by atoms with van der Waals surface area (Å²) in [5, 5.41) is 1.95. The zero-order valence-corrected chi connectivity index (χ0v) is 22.0. The number of rotatable bonds is 8. The lowest BCUT2D eigenvalue weighted by molar-refractivity contribution is -0.137. The van der Waals surface area contributed by atoms with Gasteiger partial charge in [-0.05, 0) is 36.8 Å². The molecule has 5 rings (SSSR count). The summed E-state index contributed by atoms with van der Waals surface area (Å²) < 4.78 is 38.1. The first-order valence-corrected chi connectivity index (χ1v) is 13.9. The van der Waals surface area contributed by atoms with Crippen LogP contribution in [0.25, 0.3) is 17.2 Å². The zero-order chi connectivity index (χ0) is 26.5. The Morgan fingerprint density at radius 2 is 1.55 bits per heavy atom. The van der Waals surface area contributed by atoms with E-state index in [1.807, 2.05) is 84.9 Å². The van der Waals surface area contributed by atoms with Crippen molar-refractivity contribution < 1.29 is 28.3 Å². The standard InChI is InChI=1S/C31H27O6P/c1-3-35-28(32)20-17-22-11-10-16-25(34-2)29(22)30-27(19-18-26-31(30)37-21-36-26)38(33,23-12-6-4-7-13-23)24-14-8-5-9-15-24/h4-20H,3,21H2,1-2H3/b20-17+. The third-order valence-electron chi connectivity index (χ3n) is 6.31. The molecular weight excluding hydrogens is 499 g/mol. The minimum Gasteiger partial charge on any atom is -0.496 e. The number of fused-ring (bicyclic) bond motifs is 1. The quantitative estimate of drug-likeness (QED) is 0.176. The fourth-order valence-electron chi connectivity index (χ4n) is 4.64. The number of hydrogen-bond donors (Lipinski definition) is 0. The van der Waals surface area contributed by atoms with Gasteiger partial charge in [-0.25, -0.2) is 4.79 Å². The maximum absolute atomic E-state index is 15.4. The lowest BCUT2D eigenvalue weighted by atomic mass is 9.96. The molecule has 0 aromatic heterocycles. The molecule has 0 bridgehead atoms. The molecule has 0 unspecified atom stereocenters. The molecule has 0 N–H and O–H groups in total. The van der Waals surface area contributed by atoms with E-state index in [0.29, 0.717) is 49.9 Å². The maximum Gasteiger partial charge on any atom is 0.330 e. The van der Waals surface area contributed by atoms with Crippen molar-refractivity contribution in [1.82, 2.24) is 0 Å². The van der Waals surface area contributed by atoms with Crippen LogP contribution in [0.1, 0.15) is 12.5 Å². The van der Waals surface area contributed by atoms with Crippen LogP contribution in [0, 0.1) is 0 Å². The van der Waals surface area contributed by atoms with Crippen molar-refractivity contribution in [2.24, 2.45) is 0 Å². The fraction of sp³-hybridized carbons (Fsp3) is 0.129. The summed E-state index contributed by atoms with van der Waals surface area (Å²) in [6, 6.07) is 28.0. The Morgan fingerprint density at radius 3 is 2.18 bits per heavy atom. The van der Waals surface area contributed by atoms with Crippen LogP contribution < -0.4 is 30.1 Å². The average Bonchev–Trinajstić information content (AvgIpc) is 3.45. The van der Waals surface area contributed by atoms with E-state index in [9.17, 15) is 4.79 Å². The molecule has 4 aromatic rings. The summed E-state index contributed by atoms with van der Waals surface area (Å²) in [6.07, 6.45) is 3.04. The van der Waals surface area contributed by atoms with E-state index in [0.717, 1.165) is 0 Å². The molecule has 6 nitrogen and oxygen atoms in total. The summed E-state index contributed by atoms with van der Waals surface area (Å²) in [5.74, 6) is 1.10.